The highest BCUT2D eigenvalue weighted by molar-refractivity contribution is 5.33. The molecule has 1 saturated heterocycles. The molecule has 0 aromatic heterocycles. The Morgan fingerprint density at radius 3 is 2.57 bits per heavy atom. The molecular weight excluding hydrogens is 298 g/mol. The van der Waals surface area contributed by atoms with Crippen LogP contribution in [-0.4, -0.2) is 22.7 Å². The van der Waals surface area contributed by atoms with E-state index in [0.717, 1.165) is 11.1 Å². The Kier molecular flexibility index (Phi) is 4.37. The van der Waals surface area contributed by atoms with Crippen molar-refractivity contribution in [3.63, 3.8) is 0 Å². The van der Waals surface area contributed by atoms with E-state index in [-0.39, 0.29) is 17.4 Å². The maximum atomic E-state index is 13.7. The Labute approximate surface area is 133 Å². The molecule has 3 nitrogen and oxygen atoms in total. The van der Waals surface area contributed by atoms with Gasteiger partial charge in [0.05, 0.1) is 11.7 Å². The number of nitriles is 1. The van der Waals surface area contributed by atoms with Gasteiger partial charge in [-0.15, -0.1) is 0 Å². The first kappa shape index (κ1) is 15.6. The van der Waals surface area contributed by atoms with Crippen molar-refractivity contribution in [2.24, 2.45) is 0 Å². The predicted molar refractivity (Wildman–Crippen MR) is 81.3 cm³/mol. The topological polar surface area (TPSA) is 47.3 Å². The maximum absolute atomic E-state index is 13.7. The van der Waals surface area contributed by atoms with Gasteiger partial charge in [-0.3, -0.25) is 4.90 Å². The van der Waals surface area contributed by atoms with Crippen molar-refractivity contribution in [2.75, 3.05) is 6.54 Å². The van der Waals surface area contributed by atoms with E-state index in [1.165, 1.54) is 24.3 Å². The molecule has 1 aliphatic rings. The van der Waals surface area contributed by atoms with E-state index in [1.54, 1.807) is 24.3 Å². The molecule has 118 valence electrons. The first-order chi connectivity index (χ1) is 11.1. The second kappa shape index (κ2) is 6.45. The smallest absolute Gasteiger partial charge is 0.141 e. The Hall–Kier alpha value is -2.29. The van der Waals surface area contributed by atoms with Gasteiger partial charge in [-0.1, -0.05) is 18.2 Å². The number of rotatable bonds is 3. The van der Waals surface area contributed by atoms with Gasteiger partial charge in [0, 0.05) is 19.1 Å². The second-order valence-corrected chi connectivity index (χ2v) is 5.81. The van der Waals surface area contributed by atoms with Crippen LogP contribution in [0.4, 0.5) is 8.78 Å². The zero-order chi connectivity index (χ0) is 16.4. The molecule has 5 heteroatoms. The van der Waals surface area contributed by atoms with Crippen molar-refractivity contribution >= 4 is 0 Å². The van der Waals surface area contributed by atoms with E-state index in [0.29, 0.717) is 19.5 Å². The van der Waals surface area contributed by atoms with Crippen LogP contribution < -0.4 is 0 Å². The number of hydrogen-bond donors (Lipinski definition) is 1. The number of β-amino-alcohol motifs (C(OH)–C–C–N with tert-alkyl or cyclic N) is 1. The van der Waals surface area contributed by atoms with Gasteiger partial charge in [0.1, 0.15) is 17.7 Å². The molecular formula is C18H16F2N2O. The number of aliphatic hydroxyl groups is 1. The molecule has 2 aromatic rings. The van der Waals surface area contributed by atoms with Crippen molar-refractivity contribution < 1.29 is 13.9 Å². The number of halogens is 2. The lowest BCUT2D eigenvalue weighted by atomic mass is 10.0. The number of benzene rings is 2. The summed E-state index contributed by atoms with van der Waals surface area (Å²) in [6, 6.07) is 12.5. The van der Waals surface area contributed by atoms with Gasteiger partial charge < -0.3 is 5.11 Å². The molecule has 0 aliphatic carbocycles. The summed E-state index contributed by atoms with van der Waals surface area (Å²) in [5.41, 5.74) is 1.69. The summed E-state index contributed by atoms with van der Waals surface area (Å²) in [6.45, 7) is 0.936. The van der Waals surface area contributed by atoms with E-state index in [4.69, 9.17) is 5.26 Å². The molecule has 1 aliphatic heterocycles. The molecule has 0 unspecified atom stereocenters. The molecule has 2 aromatic carbocycles. The van der Waals surface area contributed by atoms with E-state index in [9.17, 15) is 13.9 Å². The van der Waals surface area contributed by atoms with Crippen molar-refractivity contribution in [2.45, 2.75) is 25.1 Å². The highest BCUT2D eigenvalue weighted by Crippen LogP contribution is 2.33. The van der Waals surface area contributed by atoms with Crippen LogP contribution in [0, 0.1) is 23.0 Å². The second-order valence-electron chi connectivity index (χ2n) is 5.81. The molecule has 0 bridgehead atoms. The molecule has 0 amide bonds. The molecule has 1 fully saturated rings. The monoisotopic (exact) mass is 314 g/mol. The summed E-state index contributed by atoms with van der Waals surface area (Å²) < 4.78 is 26.8. The third-order valence-corrected chi connectivity index (χ3v) is 4.18. The Bertz CT molecular complexity index is 740. The molecule has 0 saturated carbocycles. The van der Waals surface area contributed by atoms with Gasteiger partial charge in [0.2, 0.25) is 0 Å². The Balaban J connectivity index is 1.81. The molecule has 2 atom stereocenters. The van der Waals surface area contributed by atoms with Crippen molar-refractivity contribution in [1.82, 2.24) is 4.90 Å². The first-order valence-corrected chi connectivity index (χ1v) is 7.43. The molecule has 3 rings (SSSR count). The van der Waals surface area contributed by atoms with Crippen LogP contribution in [0.25, 0.3) is 0 Å². The van der Waals surface area contributed by atoms with Crippen LogP contribution in [0.3, 0.4) is 0 Å². The van der Waals surface area contributed by atoms with Gasteiger partial charge in [-0.05, 0) is 41.8 Å². The van der Waals surface area contributed by atoms with Crippen LogP contribution >= 0.6 is 0 Å². The quantitative estimate of drug-likeness (QED) is 0.947. The molecule has 1 N–H and O–H groups in total. The van der Waals surface area contributed by atoms with Crippen LogP contribution in [0.2, 0.25) is 0 Å². The van der Waals surface area contributed by atoms with Gasteiger partial charge >= 0.3 is 0 Å². The highest BCUT2D eigenvalue weighted by atomic mass is 19.1. The zero-order valence-corrected chi connectivity index (χ0v) is 12.4. The summed E-state index contributed by atoms with van der Waals surface area (Å²) in [4.78, 5) is 2.04. The molecule has 0 spiro atoms. The third kappa shape index (κ3) is 3.39. The SMILES string of the molecule is N#Cc1ccc(CN2C[C@H](O)C[C@H]2c2ccc(F)cc2)cc1F. The minimum absolute atomic E-state index is 0.0188. The van der Waals surface area contributed by atoms with Gasteiger partial charge in [-0.2, -0.15) is 5.26 Å². The standard InChI is InChI=1S/C18H16F2N2O/c19-15-5-3-13(4-6-15)18-8-16(23)11-22(18)10-12-1-2-14(9-21)17(20)7-12/h1-7,16,18,23H,8,10-11H2/t16-,18+/m1/s1. The summed E-state index contributed by atoms with van der Waals surface area (Å²) in [5.74, 6) is -0.837. The van der Waals surface area contributed by atoms with E-state index in [2.05, 4.69) is 0 Å². The predicted octanol–water partition coefficient (Wildman–Crippen LogP) is 3.14. The van der Waals surface area contributed by atoms with Crippen LogP contribution in [-0.2, 0) is 6.54 Å². The lowest BCUT2D eigenvalue weighted by molar-refractivity contribution is 0.172. The van der Waals surface area contributed by atoms with Crippen molar-refractivity contribution in [1.29, 1.82) is 5.26 Å². The molecule has 23 heavy (non-hydrogen) atoms. The normalized spacial score (nSPS) is 21.3. The van der Waals surface area contributed by atoms with Crippen LogP contribution in [0.15, 0.2) is 42.5 Å². The van der Waals surface area contributed by atoms with Crippen LogP contribution in [0.5, 0.6) is 0 Å². The van der Waals surface area contributed by atoms with E-state index >= 15 is 0 Å². The molecule has 1 heterocycles. The fourth-order valence-corrected chi connectivity index (χ4v) is 3.07. The number of likely N-dealkylation sites (tertiary alicyclic amines) is 1. The lowest BCUT2D eigenvalue weighted by Crippen LogP contribution is -2.24. The Morgan fingerprint density at radius 2 is 1.91 bits per heavy atom. The maximum Gasteiger partial charge on any atom is 0.141 e. The van der Waals surface area contributed by atoms with Crippen molar-refractivity contribution in [3.8, 4) is 6.07 Å². The minimum atomic E-state index is -0.539. The fourth-order valence-electron chi connectivity index (χ4n) is 3.07. The number of hydrogen-bond acceptors (Lipinski definition) is 3. The fraction of sp³-hybridized carbons (Fsp3) is 0.278. The lowest BCUT2D eigenvalue weighted by Gasteiger charge is -2.24. The average molecular weight is 314 g/mol. The Morgan fingerprint density at radius 1 is 1.17 bits per heavy atom. The van der Waals surface area contributed by atoms with Gasteiger partial charge in [-0.25, -0.2) is 8.78 Å². The van der Waals surface area contributed by atoms with E-state index in [1.807, 2.05) is 4.90 Å². The summed E-state index contributed by atoms with van der Waals surface area (Å²) >= 11 is 0. The van der Waals surface area contributed by atoms with Crippen molar-refractivity contribution in [3.05, 3.63) is 70.8 Å². The zero-order valence-electron chi connectivity index (χ0n) is 12.4. The van der Waals surface area contributed by atoms with E-state index < -0.39 is 11.9 Å². The highest BCUT2D eigenvalue weighted by Gasteiger charge is 2.32. The molecule has 0 radical (unpaired) electrons. The summed E-state index contributed by atoms with van der Waals surface area (Å²) in [7, 11) is 0. The average Bonchev–Trinajstić information content (AvgIpc) is 2.89. The minimum Gasteiger partial charge on any atom is -0.392 e. The third-order valence-electron chi connectivity index (χ3n) is 4.18. The van der Waals surface area contributed by atoms with Gasteiger partial charge in [0.15, 0.2) is 0 Å². The number of nitrogens with zero attached hydrogens (tertiary/aromatic N) is 2. The largest absolute Gasteiger partial charge is 0.392 e. The number of aliphatic hydroxyl groups excluding tert-OH is 1. The first-order valence-electron chi connectivity index (χ1n) is 7.43. The summed E-state index contributed by atoms with van der Waals surface area (Å²) in [5, 5.41) is 18.7. The van der Waals surface area contributed by atoms with Crippen LogP contribution in [0.1, 0.15) is 29.2 Å². The van der Waals surface area contributed by atoms with Gasteiger partial charge in [0.25, 0.3) is 0 Å². The summed E-state index contributed by atoms with van der Waals surface area (Å²) in [6.07, 6.45) is 0.0954.